The van der Waals surface area contributed by atoms with Crippen LogP contribution < -0.4 is 51.4 Å². The van der Waals surface area contributed by atoms with E-state index in [1.807, 2.05) is 0 Å². The monoisotopic (exact) mass is 334 g/mol. The first-order valence-corrected chi connectivity index (χ1v) is 6.63. The van der Waals surface area contributed by atoms with Crippen molar-refractivity contribution in [1.29, 1.82) is 0 Å². The van der Waals surface area contributed by atoms with Crippen LogP contribution in [0.3, 0.4) is 0 Å². The Morgan fingerprint density at radius 3 is 2.52 bits per heavy atom. The average molecular weight is 334 g/mol. The van der Waals surface area contributed by atoms with E-state index in [4.69, 9.17) is 0 Å². The SMILES string of the molecule is O=[N+]([O-])c1ccc2c(c1)c(S(=O)(=O)O)cc1nonc12.[K+]. The molecule has 1 heterocycles. The van der Waals surface area contributed by atoms with Gasteiger partial charge in [-0.1, -0.05) is 0 Å². The Morgan fingerprint density at radius 2 is 1.90 bits per heavy atom. The van der Waals surface area contributed by atoms with Crippen LogP contribution in [0.1, 0.15) is 0 Å². The zero-order valence-corrected chi connectivity index (χ0v) is 14.5. The number of nitro benzene ring substituents is 1. The first kappa shape index (κ1) is 16.4. The van der Waals surface area contributed by atoms with Gasteiger partial charge in [-0.25, -0.2) is 4.63 Å². The van der Waals surface area contributed by atoms with Crippen molar-refractivity contribution >= 4 is 37.6 Å². The summed E-state index contributed by atoms with van der Waals surface area (Å²) in [5.41, 5.74) is 0.0690. The Hall–Kier alpha value is -0.954. The van der Waals surface area contributed by atoms with E-state index in [-0.39, 0.29) is 78.9 Å². The van der Waals surface area contributed by atoms with Crippen LogP contribution in [0, 0.1) is 10.1 Å². The van der Waals surface area contributed by atoms with Gasteiger partial charge in [0.05, 0.1) is 4.92 Å². The third-order valence-corrected chi connectivity index (χ3v) is 3.69. The summed E-state index contributed by atoms with van der Waals surface area (Å²) in [6.45, 7) is 0. The second-order valence-corrected chi connectivity index (χ2v) is 5.36. The molecule has 0 aliphatic carbocycles. The van der Waals surface area contributed by atoms with E-state index in [1.54, 1.807) is 0 Å². The molecule has 9 nitrogen and oxygen atoms in total. The van der Waals surface area contributed by atoms with E-state index in [0.29, 0.717) is 0 Å². The van der Waals surface area contributed by atoms with E-state index < -0.39 is 19.9 Å². The molecule has 3 rings (SSSR count). The molecule has 0 fully saturated rings. The van der Waals surface area contributed by atoms with Gasteiger partial charge in [-0.05, 0) is 22.4 Å². The van der Waals surface area contributed by atoms with Gasteiger partial charge in [0, 0.05) is 22.9 Å². The first-order valence-electron chi connectivity index (χ1n) is 5.19. The second kappa shape index (κ2) is 5.68. The van der Waals surface area contributed by atoms with Crippen LogP contribution in [-0.4, -0.2) is 28.2 Å². The van der Waals surface area contributed by atoms with Gasteiger partial charge < -0.3 is 0 Å². The summed E-state index contributed by atoms with van der Waals surface area (Å²) in [4.78, 5) is 9.61. The number of aromatic nitrogens is 2. The molecule has 0 aliphatic rings. The largest absolute Gasteiger partial charge is 1.00 e. The number of benzene rings is 2. The Kier molecular flexibility index (Phi) is 4.44. The molecule has 0 amide bonds. The quantitative estimate of drug-likeness (QED) is 0.260. The van der Waals surface area contributed by atoms with Crippen molar-refractivity contribution in [2.45, 2.75) is 4.90 Å². The summed E-state index contributed by atoms with van der Waals surface area (Å²) in [7, 11) is -4.57. The van der Waals surface area contributed by atoms with Gasteiger partial charge in [0.1, 0.15) is 15.9 Å². The van der Waals surface area contributed by atoms with Gasteiger partial charge in [0.2, 0.25) is 0 Å². The molecule has 0 spiro atoms. The molecule has 0 aliphatic heterocycles. The van der Waals surface area contributed by atoms with E-state index in [0.717, 1.165) is 12.1 Å². The van der Waals surface area contributed by atoms with Crippen molar-refractivity contribution in [3.63, 3.8) is 0 Å². The van der Waals surface area contributed by atoms with Crippen LogP contribution in [0.25, 0.3) is 21.8 Å². The van der Waals surface area contributed by atoms with Crippen LogP contribution in [0.4, 0.5) is 5.69 Å². The third-order valence-electron chi connectivity index (χ3n) is 2.79. The van der Waals surface area contributed by atoms with Crippen molar-refractivity contribution in [3.8, 4) is 0 Å². The summed E-state index contributed by atoms with van der Waals surface area (Å²) in [5.74, 6) is 0. The Morgan fingerprint density at radius 1 is 1.19 bits per heavy atom. The Bertz CT molecular complexity index is 967. The summed E-state index contributed by atoms with van der Waals surface area (Å²) >= 11 is 0. The van der Waals surface area contributed by atoms with Gasteiger partial charge in [-0.15, -0.1) is 0 Å². The van der Waals surface area contributed by atoms with Crippen molar-refractivity contribution in [3.05, 3.63) is 34.4 Å². The molecule has 0 saturated carbocycles. The summed E-state index contributed by atoms with van der Waals surface area (Å²) < 4.78 is 36.5. The van der Waals surface area contributed by atoms with Crippen molar-refractivity contribution in [2.75, 3.05) is 0 Å². The number of hydrogen-bond acceptors (Lipinski definition) is 7. The molecule has 0 bridgehead atoms. The Labute approximate surface area is 159 Å². The molecule has 11 heteroatoms. The summed E-state index contributed by atoms with van der Waals surface area (Å²) in [6.07, 6.45) is 0. The van der Waals surface area contributed by atoms with Crippen LogP contribution in [0.5, 0.6) is 0 Å². The molecule has 0 saturated heterocycles. The molecule has 1 N–H and O–H groups in total. The number of fused-ring (bicyclic) bond motifs is 3. The van der Waals surface area contributed by atoms with E-state index in [2.05, 4.69) is 14.9 Å². The van der Waals surface area contributed by atoms with E-state index >= 15 is 0 Å². The maximum atomic E-state index is 11.4. The minimum absolute atomic E-state index is 0. The van der Waals surface area contributed by atoms with Gasteiger partial charge in [0.25, 0.3) is 15.8 Å². The number of rotatable bonds is 2. The molecular formula is C10H5KN3O6S+. The molecule has 1 aromatic heterocycles. The maximum absolute atomic E-state index is 11.4. The molecule has 2 aromatic carbocycles. The number of non-ortho nitro benzene ring substituents is 1. The fourth-order valence-corrected chi connectivity index (χ4v) is 2.66. The van der Waals surface area contributed by atoms with Crippen LogP contribution >= 0.6 is 0 Å². The van der Waals surface area contributed by atoms with Crippen LogP contribution in [0.2, 0.25) is 0 Å². The first-order chi connectivity index (χ1) is 9.38. The molecule has 0 atom stereocenters. The summed E-state index contributed by atoms with van der Waals surface area (Å²) in [5, 5.41) is 18.1. The van der Waals surface area contributed by atoms with Crippen LogP contribution in [-0.2, 0) is 10.1 Å². The van der Waals surface area contributed by atoms with Gasteiger partial charge >= 0.3 is 51.4 Å². The predicted molar refractivity (Wildman–Crippen MR) is 65.8 cm³/mol. The number of nitrogens with zero attached hydrogens (tertiary/aromatic N) is 3. The normalized spacial score (nSPS) is 11.5. The molecule has 21 heavy (non-hydrogen) atoms. The van der Waals surface area contributed by atoms with Crippen molar-refractivity contribution in [1.82, 2.24) is 10.3 Å². The molecule has 3 aromatic rings. The minimum atomic E-state index is -4.57. The molecule has 102 valence electrons. The minimum Gasteiger partial charge on any atom is -0.282 e. The molecule has 0 radical (unpaired) electrons. The number of nitro groups is 1. The van der Waals surface area contributed by atoms with Crippen LogP contribution in [0.15, 0.2) is 33.8 Å². The van der Waals surface area contributed by atoms with E-state index in [1.165, 1.54) is 12.1 Å². The maximum Gasteiger partial charge on any atom is 1.00 e. The zero-order chi connectivity index (χ0) is 14.5. The van der Waals surface area contributed by atoms with Gasteiger partial charge in [-0.2, -0.15) is 8.42 Å². The predicted octanol–water partition coefficient (Wildman–Crippen LogP) is -1.47. The van der Waals surface area contributed by atoms with Gasteiger partial charge in [0.15, 0.2) is 0 Å². The Balaban J connectivity index is 0.00000161. The standard InChI is InChI=1S/C10H5N3O6S.K/c14-13(15)5-1-2-6-7(3-5)9(20(16,17)18)4-8-10(6)12-19-11-8;/h1-4H,(H,16,17,18);/q;+1. The second-order valence-electron chi connectivity index (χ2n) is 3.97. The topological polar surface area (TPSA) is 136 Å². The number of hydrogen-bond donors (Lipinski definition) is 1. The fourth-order valence-electron chi connectivity index (χ4n) is 1.95. The molecule has 0 unspecified atom stereocenters. The van der Waals surface area contributed by atoms with E-state index in [9.17, 15) is 23.1 Å². The fraction of sp³-hybridized carbons (Fsp3) is 0. The van der Waals surface area contributed by atoms with Gasteiger partial charge in [-0.3, -0.25) is 14.7 Å². The molecular weight excluding hydrogens is 329 g/mol. The average Bonchev–Trinajstić information content (AvgIpc) is 2.84. The smallest absolute Gasteiger partial charge is 0.282 e. The zero-order valence-electron chi connectivity index (χ0n) is 10.5. The third kappa shape index (κ3) is 2.85. The van der Waals surface area contributed by atoms with Crippen molar-refractivity contribution in [2.24, 2.45) is 0 Å². The summed E-state index contributed by atoms with van der Waals surface area (Å²) in [6, 6.07) is 4.62. The van der Waals surface area contributed by atoms with Crippen molar-refractivity contribution < 1.29 is 73.9 Å².